The minimum atomic E-state index is -0.436. The number of hydrogen-bond donors (Lipinski definition) is 1. The Hall–Kier alpha value is -1.20. The maximum atomic E-state index is 13.2. The van der Waals surface area contributed by atoms with Gasteiger partial charge < -0.3 is 5.32 Å². The SMILES string of the molecule is CC(NC(=O)c1cc(F)ccc1Br)c1ccc(Br)cc1. The molecule has 1 amide bonds. The van der Waals surface area contributed by atoms with Crippen molar-refractivity contribution in [3.63, 3.8) is 0 Å². The third-order valence-electron chi connectivity index (χ3n) is 2.89. The Morgan fingerprint density at radius 3 is 2.45 bits per heavy atom. The monoisotopic (exact) mass is 399 g/mol. The van der Waals surface area contributed by atoms with Crippen LogP contribution < -0.4 is 5.32 Å². The van der Waals surface area contributed by atoms with Gasteiger partial charge in [0.05, 0.1) is 11.6 Å². The summed E-state index contributed by atoms with van der Waals surface area (Å²) in [5, 5.41) is 2.85. The smallest absolute Gasteiger partial charge is 0.253 e. The summed E-state index contributed by atoms with van der Waals surface area (Å²) >= 11 is 6.62. The fraction of sp³-hybridized carbons (Fsp3) is 0.133. The molecule has 2 aromatic carbocycles. The molecule has 2 rings (SSSR count). The zero-order chi connectivity index (χ0) is 14.7. The third-order valence-corrected chi connectivity index (χ3v) is 4.11. The molecule has 1 atom stereocenters. The number of benzene rings is 2. The van der Waals surface area contributed by atoms with Crippen LogP contribution in [0, 0.1) is 5.82 Å². The highest BCUT2D eigenvalue weighted by molar-refractivity contribution is 9.10. The second-order valence-electron chi connectivity index (χ2n) is 4.37. The molecule has 0 aromatic heterocycles. The van der Waals surface area contributed by atoms with Crippen molar-refractivity contribution in [3.8, 4) is 0 Å². The maximum absolute atomic E-state index is 13.2. The van der Waals surface area contributed by atoms with E-state index in [1.54, 1.807) is 0 Å². The van der Waals surface area contributed by atoms with Gasteiger partial charge in [0.15, 0.2) is 0 Å². The van der Waals surface area contributed by atoms with E-state index in [-0.39, 0.29) is 17.5 Å². The normalized spacial score (nSPS) is 12.0. The van der Waals surface area contributed by atoms with Crippen LogP contribution in [-0.2, 0) is 0 Å². The van der Waals surface area contributed by atoms with Gasteiger partial charge in [0.2, 0.25) is 0 Å². The average molecular weight is 401 g/mol. The number of amides is 1. The third kappa shape index (κ3) is 3.67. The van der Waals surface area contributed by atoms with Crippen molar-refractivity contribution in [3.05, 3.63) is 68.4 Å². The van der Waals surface area contributed by atoms with Crippen molar-refractivity contribution in [1.29, 1.82) is 0 Å². The Kier molecular flexibility index (Phi) is 4.94. The average Bonchev–Trinajstić information content (AvgIpc) is 2.42. The molecule has 1 N–H and O–H groups in total. The first-order valence-corrected chi connectivity index (χ1v) is 7.57. The quantitative estimate of drug-likeness (QED) is 0.784. The topological polar surface area (TPSA) is 29.1 Å². The van der Waals surface area contributed by atoms with Crippen molar-refractivity contribution in [1.82, 2.24) is 5.32 Å². The van der Waals surface area contributed by atoms with Gasteiger partial charge in [-0.3, -0.25) is 4.79 Å². The van der Waals surface area contributed by atoms with Gasteiger partial charge in [-0.05, 0) is 58.7 Å². The summed E-state index contributed by atoms with van der Waals surface area (Å²) in [5.41, 5.74) is 1.27. The van der Waals surface area contributed by atoms with Crippen molar-refractivity contribution in [2.45, 2.75) is 13.0 Å². The lowest BCUT2D eigenvalue weighted by atomic mass is 10.1. The number of halogens is 3. The van der Waals surface area contributed by atoms with E-state index >= 15 is 0 Å². The van der Waals surface area contributed by atoms with E-state index in [2.05, 4.69) is 37.2 Å². The van der Waals surface area contributed by atoms with Crippen LogP contribution in [0.1, 0.15) is 28.9 Å². The van der Waals surface area contributed by atoms with Gasteiger partial charge in [-0.1, -0.05) is 28.1 Å². The molecule has 0 aliphatic carbocycles. The van der Waals surface area contributed by atoms with Crippen molar-refractivity contribution < 1.29 is 9.18 Å². The molecule has 0 saturated heterocycles. The zero-order valence-electron chi connectivity index (χ0n) is 10.7. The van der Waals surface area contributed by atoms with Gasteiger partial charge in [0.25, 0.3) is 5.91 Å². The first-order chi connectivity index (χ1) is 9.47. The predicted octanol–water partition coefficient (Wildman–Crippen LogP) is 4.84. The predicted molar refractivity (Wildman–Crippen MR) is 84.1 cm³/mol. The van der Waals surface area contributed by atoms with Crippen LogP contribution in [0.3, 0.4) is 0 Å². The van der Waals surface area contributed by atoms with Crippen LogP contribution >= 0.6 is 31.9 Å². The minimum absolute atomic E-state index is 0.161. The van der Waals surface area contributed by atoms with Gasteiger partial charge in [-0.2, -0.15) is 0 Å². The van der Waals surface area contributed by atoms with Crippen molar-refractivity contribution in [2.24, 2.45) is 0 Å². The van der Waals surface area contributed by atoms with Gasteiger partial charge in [-0.15, -0.1) is 0 Å². The molecule has 0 bridgehead atoms. The molecule has 0 radical (unpaired) electrons. The molecule has 1 unspecified atom stereocenters. The molecule has 0 spiro atoms. The molecule has 0 saturated carbocycles. The fourth-order valence-electron chi connectivity index (χ4n) is 1.78. The summed E-state index contributed by atoms with van der Waals surface area (Å²) in [6, 6.07) is 11.6. The molecule has 0 heterocycles. The lowest BCUT2D eigenvalue weighted by Crippen LogP contribution is -2.27. The molecular formula is C15H12Br2FNO. The highest BCUT2D eigenvalue weighted by Crippen LogP contribution is 2.20. The minimum Gasteiger partial charge on any atom is -0.345 e. The van der Waals surface area contributed by atoms with E-state index in [9.17, 15) is 9.18 Å². The van der Waals surface area contributed by atoms with Gasteiger partial charge >= 0.3 is 0 Å². The number of hydrogen-bond acceptors (Lipinski definition) is 1. The van der Waals surface area contributed by atoms with Crippen LogP contribution in [0.15, 0.2) is 51.4 Å². The lowest BCUT2D eigenvalue weighted by molar-refractivity contribution is 0.0938. The Labute approximate surface area is 133 Å². The molecular weight excluding hydrogens is 389 g/mol. The standard InChI is InChI=1S/C15H12Br2FNO/c1-9(10-2-4-11(16)5-3-10)19-15(20)13-8-12(18)6-7-14(13)17/h2-9H,1H3,(H,19,20). The van der Waals surface area contributed by atoms with Gasteiger partial charge in [-0.25, -0.2) is 4.39 Å². The van der Waals surface area contributed by atoms with Gasteiger partial charge in [0, 0.05) is 8.95 Å². The zero-order valence-corrected chi connectivity index (χ0v) is 13.8. The van der Waals surface area contributed by atoms with Crippen molar-refractivity contribution >= 4 is 37.8 Å². The maximum Gasteiger partial charge on any atom is 0.253 e. The molecule has 104 valence electrons. The number of nitrogens with one attached hydrogen (secondary N) is 1. The van der Waals surface area contributed by atoms with Crippen molar-refractivity contribution in [2.75, 3.05) is 0 Å². The molecule has 0 fully saturated rings. The van der Waals surface area contributed by atoms with E-state index in [1.807, 2.05) is 31.2 Å². The summed E-state index contributed by atoms with van der Waals surface area (Å²) in [5.74, 6) is -0.749. The molecule has 0 aliphatic heterocycles. The van der Waals surface area contributed by atoms with E-state index in [1.165, 1.54) is 18.2 Å². The Morgan fingerprint density at radius 2 is 1.80 bits per heavy atom. The first-order valence-electron chi connectivity index (χ1n) is 5.99. The van der Waals surface area contributed by atoms with Gasteiger partial charge in [0.1, 0.15) is 5.82 Å². The Bertz CT molecular complexity index is 628. The number of carbonyl (C=O) groups is 1. The second-order valence-corrected chi connectivity index (χ2v) is 6.14. The molecule has 0 aliphatic rings. The summed E-state index contributed by atoms with van der Waals surface area (Å²) in [6.07, 6.45) is 0. The summed E-state index contributed by atoms with van der Waals surface area (Å²) < 4.78 is 14.8. The number of rotatable bonds is 3. The highest BCUT2D eigenvalue weighted by atomic mass is 79.9. The van der Waals surface area contributed by atoms with Crippen LogP contribution in [-0.4, -0.2) is 5.91 Å². The summed E-state index contributed by atoms with van der Waals surface area (Å²) in [7, 11) is 0. The number of carbonyl (C=O) groups excluding carboxylic acids is 1. The molecule has 5 heteroatoms. The van der Waals surface area contributed by atoms with E-state index in [0.29, 0.717) is 4.47 Å². The largest absolute Gasteiger partial charge is 0.345 e. The molecule has 2 nitrogen and oxygen atoms in total. The lowest BCUT2D eigenvalue weighted by Gasteiger charge is -2.15. The first kappa shape index (κ1) is 15.2. The Morgan fingerprint density at radius 1 is 1.15 bits per heavy atom. The van der Waals surface area contributed by atoms with Crippen LogP contribution in [0.2, 0.25) is 0 Å². The fourth-order valence-corrected chi connectivity index (χ4v) is 2.47. The molecule has 2 aromatic rings. The van der Waals surface area contributed by atoms with Crippen LogP contribution in [0.5, 0.6) is 0 Å². The summed E-state index contributed by atoms with van der Waals surface area (Å²) in [4.78, 5) is 12.2. The summed E-state index contributed by atoms with van der Waals surface area (Å²) in [6.45, 7) is 1.88. The second kappa shape index (κ2) is 6.50. The Balaban J connectivity index is 2.15. The highest BCUT2D eigenvalue weighted by Gasteiger charge is 2.14. The van der Waals surface area contributed by atoms with E-state index in [0.717, 1.165) is 10.0 Å². The van der Waals surface area contributed by atoms with Crippen LogP contribution in [0.4, 0.5) is 4.39 Å². The van der Waals surface area contributed by atoms with E-state index in [4.69, 9.17) is 0 Å². The van der Waals surface area contributed by atoms with E-state index < -0.39 is 5.82 Å². The molecule has 20 heavy (non-hydrogen) atoms. The van der Waals surface area contributed by atoms with Crippen LogP contribution in [0.25, 0.3) is 0 Å².